The zero-order valence-corrected chi connectivity index (χ0v) is 13.0. The van der Waals surface area contributed by atoms with Crippen molar-refractivity contribution in [2.75, 3.05) is 24.5 Å². The molecule has 110 valence electrons. The van der Waals surface area contributed by atoms with E-state index in [0.717, 1.165) is 13.1 Å². The van der Waals surface area contributed by atoms with Crippen molar-refractivity contribution in [2.45, 2.75) is 52.5 Å². The van der Waals surface area contributed by atoms with Gasteiger partial charge in [-0.2, -0.15) is 0 Å². The molecule has 1 N–H and O–H groups in total. The molecule has 2 nitrogen and oxygen atoms in total. The van der Waals surface area contributed by atoms with Gasteiger partial charge in [0.05, 0.1) is 0 Å². The smallest absolute Gasteiger partial charge is 0.0402 e. The molecule has 0 amide bonds. The highest BCUT2D eigenvalue weighted by molar-refractivity contribution is 5.59. The molecule has 0 atom stereocenters. The molecule has 2 heterocycles. The van der Waals surface area contributed by atoms with Crippen LogP contribution in [-0.4, -0.2) is 19.6 Å². The molecule has 2 aliphatic heterocycles. The highest BCUT2D eigenvalue weighted by Gasteiger charge is 2.41. The topological polar surface area (TPSA) is 15.3 Å². The Balaban J connectivity index is 1.76. The molecule has 0 aliphatic carbocycles. The number of anilines is 1. The maximum atomic E-state index is 3.48. The molecule has 1 aromatic carbocycles. The quantitative estimate of drug-likeness (QED) is 0.878. The standard InChI is InChI=1S/C18H28N2/c1-3-9-18(10-4-2)13-20(14-18)17-7-5-6-15-12-19-11-8-16(15)17/h5-7,19H,3-4,8-14H2,1-2H3. The first-order valence-corrected chi connectivity index (χ1v) is 8.34. The molecule has 0 radical (unpaired) electrons. The summed E-state index contributed by atoms with van der Waals surface area (Å²) < 4.78 is 0. The monoisotopic (exact) mass is 272 g/mol. The minimum absolute atomic E-state index is 0.610. The Labute approximate surface area is 123 Å². The lowest BCUT2D eigenvalue weighted by atomic mass is 9.72. The normalized spacial score (nSPS) is 20.4. The van der Waals surface area contributed by atoms with Gasteiger partial charge in [-0.15, -0.1) is 0 Å². The summed E-state index contributed by atoms with van der Waals surface area (Å²) in [6.45, 7) is 9.39. The molecule has 1 saturated heterocycles. The summed E-state index contributed by atoms with van der Waals surface area (Å²) >= 11 is 0. The van der Waals surface area contributed by atoms with Crippen molar-refractivity contribution in [3.8, 4) is 0 Å². The summed E-state index contributed by atoms with van der Waals surface area (Å²) in [7, 11) is 0. The van der Waals surface area contributed by atoms with Crippen LogP contribution < -0.4 is 10.2 Å². The molecular weight excluding hydrogens is 244 g/mol. The van der Waals surface area contributed by atoms with Gasteiger partial charge in [0.15, 0.2) is 0 Å². The zero-order chi connectivity index (χ0) is 14.0. The summed E-state index contributed by atoms with van der Waals surface area (Å²) in [5.41, 5.74) is 5.25. The van der Waals surface area contributed by atoms with Crippen LogP contribution in [0.25, 0.3) is 0 Å². The lowest BCUT2D eigenvalue weighted by Gasteiger charge is -2.53. The molecule has 0 unspecified atom stereocenters. The van der Waals surface area contributed by atoms with E-state index in [9.17, 15) is 0 Å². The van der Waals surface area contributed by atoms with E-state index in [0.29, 0.717) is 5.41 Å². The van der Waals surface area contributed by atoms with Crippen LogP contribution in [-0.2, 0) is 13.0 Å². The number of hydrogen-bond donors (Lipinski definition) is 1. The Hall–Kier alpha value is -1.02. The fraction of sp³-hybridized carbons (Fsp3) is 0.667. The third kappa shape index (κ3) is 2.46. The van der Waals surface area contributed by atoms with Gasteiger partial charge >= 0.3 is 0 Å². The molecular formula is C18H28N2. The fourth-order valence-electron chi connectivity index (χ4n) is 4.24. The molecule has 2 heteroatoms. The summed E-state index contributed by atoms with van der Waals surface area (Å²) in [4.78, 5) is 2.63. The van der Waals surface area contributed by atoms with Crippen LogP contribution in [0.2, 0.25) is 0 Å². The molecule has 3 rings (SSSR count). The van der Waals surface area contributed by atoms with Crippen molar-refractivity contribution in [2.24, 2.45) is 5.41 Å². The Bertz CT molecular complexity index is 452. The van der Waals surface area contributed by atoms with Crippen LogP contribution in [0.15, 0.2) is 18.2 Å². The minimum atomic E-state index is 0.610. The van der Waals surface area contributed by atoms with Gasteiger partial charge in [0, 0.05) is 30.7 Å². The first-order valence-electron chi connectivity index (χ1n) is 8.34. The third-order valence-electron chi connectivity index (χ3n) is 5.07. The number of nitrogens with zero attached hydrogens (tertiary/aromatic N) is 1. The van der Waals surface area contributed by atoms with Gasteiger partial charge in [0.1, 0.15) is 0 Å². The van der Waals surface area contributed by atoms with Gasteiger partial charge in [-0.3, -0.25) is 0 Å². The predicted octanol–water partition coefficient (Wildman–Crippen LogP) is 3.74. The van der Waals surface area contributed by atoms with Crippen molar-refractivity contribution in [3.63, 3.8) is 0 Å². The van der Waals surface area contributed by atoms with E-state index in [4.69, 9.17) is 0 Å². The van der Waals surface area contributed by atoms with Crippen LogP contribution in [0, 0.1) is 5.41 Å². The van der Waals surface area contributed by atoms with Crippen LogP contribution in [0.4, 0.5) is 5.69 Å². The second-order valence-corrected chi connectivity index (χ2v) is 6.70. The van der Waals surface area contributed by atoms with Gasteiger partial charge in [0.2, 0.25) is 0 Å². The Morgan fingerprint density at radius 1 is 1.15 bits per heavy atom. The first kappa shape index (κ1) is 13.9. The molecule has 20 heavy (non-hydrogen) atoms. The zero-order valence-electron chi connectivity index (χ0n) is 13.0. The number of benzene rings is 1. The Morgan fingerprint density at radius 3 is 2.60 bits per heavy atom. The maximum absolute atomic E-state index is 3.48. The first-order chi connectivity index (χ1) is 9.78. The summed E-state index contributed by atoms with van der Waals surface area (Å²) in [5, 5.41) is 3.48. The van der Waals surface area contributed by atoms with Crippen LogP contribution >= 0.6 is 0 Å². The summed E-state index contributed by atoms with van der Waals surface area (Å²) in [6, 6.07) is 6.86. The Kier molecular flexibility index (Phi) is 4.02. The molecule has 1 aromatic rings. The van der Waals surface area contributed by atoms with Crippen molar-refractivity contribution in [3.05, 3.63) is 29.3 Å². The van der Waals surface area contributed by atoms with E-state index in [2.05, 4.69) is 42.3 Å². The SMILES string of the molecule is CCCC1(CCC)CN(c2cccc3c2CCNC3)C1. The number of nitrogens with one attached hydrogen (secondary N) is 1. The van der Waals surface area contributed by atoms with Crippen molar-refractivity contribution >= 4 is 5.69 Å². The van der Waals surface area contributed by atoms with Crippen LogP contribution in [0.1, 0.15) is 50.7 Å². The van der Waals surface area contributed by atoms with Crippen molar-refractivity contribution in [1.82, 2.24) is 5.32 Å². The van der Waals surface area contributed by atoms with E-state index in [1.807, 2.05) is 0 Å². The largest absolute Gasteiger partial charge is 0.370 e. The van der Waals surface area contributed by atoms with Gasteiger partial charge in [0.25, 0.3) is 0 Å². The van der Waals surface area contributed by atoms with Gasteiger partial charge < -0.3 is 10.2 Å². The second kappa shape index (κ2) is 5.77. The van der Waals surface area contributed by atoms with E-state index in [-0.39, 0.29) is 0 Å². The van der Waals surface area contributed by atoms with Gasteiger partial charge in [-0.25, -0.2) is 0 Å². The Morgan fingerprint density at radius 2 is 1.90 bits per heavy atom. The second-order valence-electron chi connectivity index (χ2n) is 6.70. The highest BCUT2D eigenvalue weighted by atomic mass is 15.2. The van der Waals surface area contributed by atoms with E-state index in [1.165, 1.54) is 56.4 Å². The van der Waals surface area contributed by atoms with Crippen LogP contribution in [0.3, 0.4) is 0 Å². The van der Waals surface area contributed by atoms with Gasteiger partial charge in [-0.05, 0) is 43.0 Å². The minimum Gasteiger partial charge on any atom is -0.370 e. The number of fused-ring (bicyclic) bond motifs is 1. The summed E-state index contributed by atoms with van der Waals surface area (Å²) in [6.07, 6.45) is 6.63. The summed E-state index contributed by atoms with van der Waals surface area (Å²) in [5.74, 6) is 0. The molecule has 0 bridgehead atoms. The molecule has 0 spiro atoms. The molecule has 0 aromatic heterocycles. The highest BCUT2D eigenvalue weighted by Crippen LogP contribution is 2.43. The lowest BCUT2D eigenvalue weighted by Crippen LogP contribution is -2.56. The van der Waals surface area contributed by atoms with E-state index in [1.54, 1.807) is 5.56 Å². The van der Waals surface area contributed by atoms with E-state index >= 15 is 0 Å². The predicted molar refractivity (Wildman–Crippen MR) is 86.3 cm³/mol. The average Bonchev–Trinajstić information content (AvgIpc) is 2.44. The van der Waals surface area contributed by atoms with Crippen molar-refractivity contribution < 1.29 is 0 Å². The van der Waals surface area contributed by atoms with Crippen molar-refractivity contribution in [1.29, 1.82) is 0 Å². The lowest BCUT2D eigenvalue weighted by molar-refractivity contribution is 0.173. The average molecular weight is 272 g/mol. The van der Waals surface area contributed by atoms with Gasteiger partial charge in [-0.1, -0.05) is 38.8 Å². The van der Waals surface area contributed by atoms with Crippen LogP contribution in [0.5, 0.6) is 0 Å². The maximum Gasteiger partial charge on any atom is 0.0402 e. The number of rotatable bonds is 5. The molecule has 0 saturated carbocycles. The third-order valence-corrected chi connectivity index (χ3v) is 5.07. The molecule has 2 aliphatic rings. The molecule has 1 fully saturated rings. The van der Waals surface area contributed by atoms with E-state index < -0.39 is 0 Å². The fourth-order valence-corrected chi connectivity index (χ4v) is 4.24. The number of hydrogen-bond acceptors (Lipinski definition) is 2.